The van der Waals surface area contributed by atoms with Crippen LogP contribution in [0.2, 0.25) is 0 Å². The molecule has 0 spiro atoms. The lowest BCUT2D eigenvalue weighted by molar-refractivity contribution is 0.104. The molecule has 0 radical (unpaired) electrons. The number of benzene rings is 3. The molecule has 2 heterocycles. The number of hydrogen-bond donors (Lipinski definition) is 1. The van der Waals surface area contributed by atoms with Gasteiger partial charge in [0.25, 0.3) is 0 Å². The summed E-state index contributed by atoms with van der Waals surface area (Å²) in [6, 6.07) is 26.0. The molecule has 1 fully saturated rings. The van der Waals surface area contributed by atoms with Gasteiger partial charge in [-0.05, 0) is 49.1 Å². The number of aromatic nitrogens is 1. The van der Waals surface area contributed by atoms with Crippen LogP contribution in [0.3, 0.4) is 0 Å². The Morgan fingerprint density at radius 2 is 1.41 bits per heavy atom. The molecule has 34 heavy (non-hydrogen) atoms. The van der Waals surface area contributed by atoms with Crippen molar-refractivity contribution < 1.29 is 0 Å². The standard InChI is InChI=1S/C30H33N3O/c1-21-18-22(2)28-26(19-21)30(34)27(23(3)31-28)20-32-14-16-33(17-15-32)29(24-10-6-4-7-11-24)25-12-8-5-9-13-25/h4-13,18-19,29H,14-17,20H2,1-3H3,(H,31,34). The Labute approximate surface area is 201 Å². The predicted octanol–water partition coefficient (Wildman–Crippen LogP) is 5.36. The largest absolute Gasteiger partial charge is 0.358 e. The summed E-state index contributed by atoms with van der Waals surface area (Å²) in [5, 5.41) is 0.810. The fourth-order valence-electron chi connectivity index (χ4n) is 5.39. The van der Waals surface area contributed by atoms with Gasteiger partial charge >= 0.3 is 0 Å². The average Bonchev–Trinajstić information content (AvgIpc) is 2.85. The number of H-pyrrole nitrogens is 1. The Morgan fingerprint density at radius 1 is 0.824 bits per heavy atom. The van der Waals surface area contributed by atoms with Crippen molar-refractivity contribution in [2.75, 3.05) is 26.2 Å². The second-order valence-corrected chi connectivity index (χ2v) is 9.60. The third-order valence-corrected chi connectivity index (χ3v) is 7.15. The number of aromatic amines is 1. The van der Waals surface area contributed by atoms with E-state index in [0.717, 1.165) is 59.5 Å². The highest BCUT2D eigenvalue weighted by atomic mass is 16.1. The lowest BCUT2D eigenvalue weighted by Crippen LogP contribution is -2.47. The Morgan fingerprint density at radius 3 is 2.00 bits per heavy atom. The van der Waals surface area contributed by atoms with Gasteiger partial charge in [0.15, 0.2) is 5.43 Å². The van der Waals surface area contributed by atoms with Crippen molar-refractivity contribution in [2.24, 2.45) is 0 Å². The molecule has 1 aliphatic rings. The number of hydrogen-bond acceptors (Lipinski definition) is 3. The second-order valence-electron chi connectivity index (χ2n) is 9.60. The molecule has 4 aromatic rings. The molecule has 0 amide bonds. The summed E-state index contributed by atoms with van der Waals surface area (Å²) >= 11 is 0. The number of aryl methyl sites for hydroxylation is 3. The first-order chi connectivity index (χ1) is 16.5. The Bertz CT molecular complexity index is 1300. The minimum atomic E-state index is 0.173. The van der Waals surface area contributed by atoms with E-state index in [1.54, 1.807) is 0 Å². The molecule has 5 rings (SSSR count). The van der Waals surface area contributed by atoms with Crippen molar-refractivity contribution in [3.8, 4) is 0 Å². The first-order valence-corrected chi connectivity index (χ1v) is 12.2. The van der Waals surface area contributed by atoms with Gasteiger partial charge in [0, 0.05) is 49.4 Å². The van der Waals surface area contributed by atoms with Gasteiger partial charge in [-0.3, -0.25) is 14.6 Å². The molecule has 4 heteroatoms. The molecule has 174 valence electrons. The third kappa shape index (κ3) is 4.44. The van der Waals surface area contributed by atoms with E-state index in [2.05, 4.69) is 95.4 Å². The van der Waals surface area contributed by atoms with Crippen molar-refractivity contribution in [1.29, 1.82) is 0 Å². The first-order valence-electron chi connectivity index (χ1n) is 12.2. The molecule has 3 aromatic carbocycles. The number of piperazine rings is 1. The molecule has 0 saturated carbocycles. The highest BCUT2D eigenvalue weighted by molar-refractivity contribution is 5.83. The zero-order valence-electron chi connectivity index (χ0n) is 20.3. The second kappa shape index (κ2) is 9.57. The molecule has 0 atom stereocenters. The van der Waals surface area contributed by atoms with Gasteiger partial charge in [-0.1, -0.05) is 66.7 Å². The highest BCUT2D eigenvalue weighted by Crippen LogP contribution is 2.29. The number of rotatable bonds is 5. The first kappa shape index (κ1) is 22.6. The SMILES string of the molecule is Cc1cc(C)c2[nH]c(C)c(CN3CCN(C(c4ccccc4)c4ccccc4)CC3)c(=O)c2c1. The quantitative estimate of drug-likeness (QED) is 0.444. The van der Waals surface area contributed by atoms with Crippen molar-refractivity contribution in [1.82, 2.24) is 14.8 Å². The van der Waals surface area contributed by atoms with Crippen LogP contribution in [0, 0.1) is 20.8 Å². The van der Waals surface area contributed by atoms with Crippen LogP contribution >= 0.6 is 0 Å². The van der Waals surface area contributed by atoms with Crippen LogP contribution in [0.1, 0.15) is 39.6 Å². The van der Waals surface area contributed by atoms with Crippen LogP contribution in [0.15, 0.2) is 77.6 Å². The number of fused-ring (bicyclic) bond motifs is 1. The van der Waals surface area contributed by atoms with E-state index in [9.17, 15) is 4.79 Å². The molecule has 1 saturated heterocycles. The van der Waals surface area contributed by atoms with Gasteiger partial charge in [-0.15, -0.1) is 0 Å². The number of nitrogens with zero attached hydrogens (tertiary/aromatic N) is 2. The van der Waals surface area contributed by atoms with E-state index >= 15 is 0 Å². The van der Waals surface area contributed by atoms with E-state index in [1.807, 2.05) is 13.0 Å². The maximum atomic E-state index is 13.4. The fourth-order valence-corrected chi connectivity index (χ4v) is 5.39. The zero-order chi connectivity index (χ0) is 23.7. The number of pyridine rings is 1. The Kier molecular flexibility index (Phi) is 6.36. The van der Waals surface area contributed by atoms with Crippen LogP contribution < -0.4 is 5.43 Å². The van der Waals surface area contributed by atoms with Gasteiger partial charge in [-0.2, -0.15) is 0 Å². The van der Waals surface area contributed by atoms with Gasteiger partial charge in [-0.25, -0.2) is 0 Å². The smallest absolute Gasteiger partial charge is 0.194 e. The van der Waals surface area contributed by atoms with Crippen molar-refractivity contribution in [3.63, 3.8) is 0 Å². The lowest BCUT2D eigenvalue weighted by atomic mass is 9.96. The van der Waals surface area contributed by atoms with Crippen LogP contribution in [0.25, 0.3) is 10.9 Å². The summed E-state index contributed by atoms with van der Waals surface area (Å²) in [5.41, 5.74) is 7.94. The molecule has 1 aromatic heterocycles. The van der Waals surface area contributed by atoms with Crippen LogP contribution in [-0.4, -0.2) is 41.0 Å². The zero-order valence-corrected chi connectivity index (χ0v) is 20.3. The number of nitrogens with one attached hydrogen (secondary N) is 1. The van der Waals surface area contributed by atoms with Crippen LogP contribution in [0.5, 0.6) is 0 Å². The summed E-state index contributed by atoms with van der Waals surface area (Å²) in [7, 11) is 0. The van der Waals surface area contributed by atoms with Gasteiger partial charge in [0.05, 0.1) is 11.6 Å². The van der Waals surface area contributed by atoms with Crippen molar-refractivity contribution in [3.05, 3.63) is 117 Å². The van der Waals surface area contributed by atoms with E-state index in [1.165, 1.54) is 11.1 Å². The van der Waals surface area contributed by atoms with E-state index < -0.39 is 0 Å². The van der Waals surface area contributed by atoms with Gasteiger partial charge in [0.2, 0.25) is 0 Å². The van der Waals surface area contributed by atoms with Crippen LogP contribution in [0.4, 0.5) is 0 Å². The molecule has 1 aliphatic heterocycles. The Hall–Kier alpha value is -3.21. The topological polar surface area (TPSA) is 39.3 Å². The fraction of sp³-hybridized carbons (Fsp3) is 0.300. The van der Waals surface area contributed by atoms with Crippen molar-refractivity contribution in [2.45, 2.75) is 33.4 Å². The maximum Gasteiger partial charge on any atom is 0.194 e. The van der Waals surface area contributed by atoms with Crippen LogP contribution in [-0.2, 0) is 6.54 Å². The molecule has 4 nitrogen and oxygen atoms in total. The molecular weight excluding hydrogens is 418 g/mol. The summed E-state index contributed by atoms with van der Waals surface area (Å²) in [6.45, 7) is 10.7. The van der Waals surface area contributed by atoms with E-state index in [0.29, 0.717) is 6.54 Å². The van der Waals surface area contributed by atoms with E-state index in [4.69, 9.17) is 0 Å². The lowest BCUT2D eigenvalue weighted by Gasteiger charge is -2.40. The summed E-state index contributed by atoms with van der Waals surface area (Å²) < 4.78 is 0. The Balaban J connectivity index is 1.36. The third-order valence-electron chi connectivity index (χ3n) is 7.15. The average molecular weight is 452 g/mol. The van der Waals surface area contributed by atoms with Gasteiger partial charge < -0.3 is 4.98 Å². The molecule has 0 bridgehead atoms. The molecule has 1 N–H and O–H groups in total. The van der Waals surface area contributed by atoms with Crippen molar-refractivity contribution >= 4 is 10.9 Å². The van der Waals surface area contributed by atoms with Gasteiger partial charge in [0.1, 0.15) is 0 Å². The highest BCUT2D eigenvalue weighted by Gasteiger charge is 2.27. The molecule has 0 unspecified atom stereocenters. The monoisotopic (exact) mass is 451 g/mol. The summed E-state index contributed by atoms with van der Waals surface area (Å²) in [5.74, 6) is 0. The summed E-state index contributed by atoms with van der Waals surface area (Å²) in [4.78, 5) is 21.9. The summed E-state index contributed by atoms with van der Waals surface area (Å²) in [6.07, 6.45) is 0. The molecule has 0 aliphatic carbocycles. The molecular formula is C30H33N3O. The minimum absolute atomic E-state index is 0.173. The minimum Gasteiger partial charge on any atom is -0.358 e. The normalized spacial score (nSPS) is 15.3. The van der Waals surface area contributed by atoms with E-state index in [-0.39, 0.29) is 11.5 Å². The maximum absolute atomic E-state index is 13.4. The predicted molar refractivity (Wildman–Crippen MR) is 140 cm³/mol.